The minimum absolute atomic E-state index is 0.775. The number of hydrogen-bond acceptors (Lipinski definition) is 4. The summed E-state index contributed by atoms with van der Waals surface area (Å²) in [5.41, 5.74) is 1.64. The van der Waals surface area contributed by atoms with Crippen LogP contribution >= 0.6 is 0 Å². The van der Waals surface area contributed by atoms with Crippen LogP contribution in [0, 0.1) is 0 Å². The largest absolute Gasteiger partial charge is 0.364 e. The maximum absolute atomic E-state index is 4.64. The first kappa shape index (κ1) is 9.20. The highest BCUT2D eigenvalue weighted by molar-refractivity contribution is 5.51. The highest BCUT2D eigenvalue weighted by atomic mass is 16.5. The molecule has 0 aromatic carbocycles. The quantitative estimate of drug-likeness (QED) is 0.627. The second-order valence-corrected chi connectivity index (χ2v) is 2.62. The number of aromatic nitrogens is 5. The smallest absolute Gasteiger partial charge is 0.131 e. The van der Waals surface area contributed by atoms with Gasteiger partial charge in [0.05, 0.1) is 5.69 Å². The second-order valence-electron chi connectivity index (χ2n) is 2.62. The topological polar surface area (TPSA) is 83.4 Å². The fourth-order valence-electron chi connectivity index (χ4n) is 0.965. The van der Waals surface area contributed by atoms with Crippen LogP contribution in [0.5, 0.6) is 0 Å². The monoisotopic (exact) mass is 203 g/mol. The summed E-state index contributed by atoms with van der Waals surface area (Å²) in [6, 6.07) is 5.44. The van der Waals surface area contributed by atoms with E-state index in [1.165, 1.54) is 6.26 Å². The molecule has 15 heavy (non-hydrogen) atoms. The van der Waals surface area contributed by atoms with Gasteiger partial charge in [-0.25, -0.2) is 0 Å². The number of rotatable bonds is 1. The van der Waals surface area contributed by atoms with Crippen molar-refractivity contribution in [3.05, 3.63) is 43.1 Å². The first-order valence-electron chi connectivity index (χ1n) is 4.30. The molecule has 6 nitrogen and oxygen atoms in total. The van der Waals surface area contributed by atoms with Crippen LogP contribution in [0.15, 0.2) is 47.6 Å². The zero-order valence-electron chi connectivity index (χ0n) is 7.79. The van der Waals surface area contributed by atoms with Crippen molar-refractivity contribution < 1.29 is 4.52 Å². The number of nitrogens with zero attached hydrogens (tertiary/aromatic N) is 3. The normalized spacial score (nSPS) is 9.33. The van der Waals surface area contributed by atoms with Gasteiger partial charge in [0.25, 0.3) is 0 Å². The summed E-state index contributed by atoms with van der Waals surface area (Å²) in [6.45, 7) is 0. The lowest BCUT2D eigenvalue weighted by Crippen LogP contribution is -1.74. The van der Waals surface area contributed by atoms with Gasteiger partial charge in [0, 0.05) is 24.7 Å². The first-order chi connectivity index (χ1) is 7.47. The van der Waals surface area contributed by atoms with E-state index >= 15 is 0 Å². The summed E-state index contributed by atoms with van der Waals surface area (Å²) in [5, 5.41) is 16.5. The van der Waals surface area contributed by atoms with E-state index in [-0.39, 0.29) is 0 Å². The third kappa shape index (κ3) is 2.53. The Labute approximate surface area is 85.3 Å². The van der Waals surface area contributed by atoms with Crippen molar-refractivity contribution in [1.29, 1.82) is 0 Å². The Bertz CT molecular complexity index is 393. The van der Waals surface area contributed by atoms with Gasteiger partial charge in [-0.1, -0.05) is 5.16 Å². The highest BCUT2D eigenvalue weighted by Gasteiger charge is 1.99. The van der Waals surface area contributed by atoms with Crippen LogP contribution in [-0.2, 0) is 0 Å². The zero-order chi connectivity index (χ0) is 10.3. The van der Waals surface area contributed by atoms with Crippen LogP contribution in [-0.4, -0.2) is 25.6 Å². The maximum Gasteiger partial charge on any atom is 0.131 e. The molecule has 0 amide bonds. The Balaban J connectivity index is 0.000000144. The molecule has 0 aliphatic carbocycles. The predicted octanol–water partition coefficient (Wildman–Crippen LogP) is 1.47. The fraction of sp³-hybridized carbons (Fsp3) is 0. The molecule has 0 saturated heterocycles. The highest BCUT2D eigenvalue weighted by Crippen LogP contribution is 2.11. The number of aromatic amines is 2. The van der Waals surface area contributed by atoms with Crippen LogP contribution in [0.3, 0.4) is 0 Å². The van der Waals surface area contributed by atoms with Crippen molar-refractivity contribution in [3.8, 4) is 11.4 Å². The van der Waals surface area contributed by atoms with E-state index in [0.717, 1.165) is 11.4 Å². The minimum Gasteiger partial charge on any atom is -0.364 e. The average Bonchev–Trinajstić information content (AvgIpc) is 3.06. The van der Waals surface area contributed by atoms with Gasteiger partial charge in [0.2, 0.25) is 0 Å². The zero-order valence-corrected chi connectivity index (χ0v) is 7.79. The van der Waals surface area contributed by atoms with Gasteiger partial charge in [-0.2, -0.15) is 10.2 Å². The molecule has 3 aromatic rings. The van der Waals surface area contributed by atoms with E-state index in [9.17, 15) is 0 Å². The molecule has 3 heterocycles. The van der Waals surface area contributed by atoms with E-state index in [2.05, 4.69) is 30.1 Å². The second kappa shape index (κ2) is 4.75. The van der Waals surface area contributed by atoms with Gasteiger partial charge in [-0.3, -0.25) is 10.2 Å². The lowest BCUT2D eigenvalue weighted by Gasteiger charge is -1.82. The van der Waals surface area contributed by atoms with Crippen molar-refractivity contribution in [2.24, 2.45) is 0 Å². The van der Waals surface area contributed by atoms with E-state index < -0.39 is 0 Å². The van der Waals surface area contributed by atoms with Gasteiger partial charge in [-0.05, 0) is 12.1 Å². The van der Waals surface area contributed by atoms with E-state index in [1.54, 1.807) is 24.7 Å². The third-order valence-electron chi connectivity index (χ3n) is 1.62. The SMILES string of the molecule is c1cc(-c2ccon2)[nH]n1.c1cn[nH]c1. The van der Waals surface area contributed by atoms with Gasteiger partial charge < -0.3 is 4.52 Å². The summed E-state index contributed by atoms with van der Waals surface area (Å²) in [6.07, 6.45) is 6.65. The third-order valence-corrected chi connectivity index (χ3v) is 1.62. The molecule has 76 valence electrons. The molecular formula is C9H9N5O. The van der Waals surface area contributed by atoms with Crippen LogP contribution in [0.2, 0.25) is 0 Å². The molecule has 6 heteroatoms. The number of H-pyrrole nitrogens is 2. The molecule has 0 aliphatic rings. The molecule has 0 spiro atoms. The van der Waals surface area contributed by atoms with Crippen molar-refractivity contribution in [1.82, 2.24) is 25.6 Å². The lowest BCUT2D eigenvalue weighted by atomic mass is 10.3. The maximum atomic E-state index is 4.64. The van der Waals surface area contributed by atoms with Gasteiger partial charge in [0.1, 0.15) is 12.0 Å². The molecule has 0 fully saturated rings. The van der Waals surface area contributed by atoms with Crippen LogP contribution in [0.4, 0.5) is 0 Å². The Kier molecular flexibility index (Phi) is 2.91. The Morgan fingerprint density at radius 2 is 2.13 bits per heavy atom. The predicted molar refractivity (Wildman–Crippen MR) is 52.7 cm³/mol. The summed E-state index contributed by atoms with van der Waals surface area (Å²) in [7, 11) is 0. The van der Waals surface area contributed by atoms with Crippen molar-refractivity contribution in [2.75, 3.05) is 0 Å². The van der Waals surface area contributed by atoms with Gasteiger partial charge in [0.15, 0.2) is 0 Å². The Morgan fingerprint density at radius 3 is 2.60 bits per heavy atom. The van der Waals surface area contributed by atoms with Crippen LogP contribution < -0.4 is 0 Å². The van der Waals surface area contributed by atoms with E-state index in [0.29, 0.717) is 0 Å². The first-order valence-corrected chi connectivity index (χ1v) is 4.30. The molecule has 0 bridgehead atoms. The summed E-state index contributed by atoms with van der Waals surface area (Å²) >= 11 is 0. The van der Waals surface area contributed by atoms with Crippen molar-refractivity contribution >= 4 is 0 Å². The summed E-state index contributed by atoms with van der Waals surface area (Å²) in [4.78, 5) is 0. The molecule has 0 saturated carbocycles. The van der Waals surface area contributed by atoms with Crippen LogP contribution in [0.25, 0.3) is 11.4 Å². The Morgan fingerprint density at radius 1 is 1.13 bits per heavy atom. The fourth-order valence-corrected chi connectivity index (χ4v) is 0.965. The lowest BCUT2D eigenvalue weighted by molar-refractivity contribution is 0.422. The van der Waals surface area contributed by atoms with Gasteiger partial charge >= 0.3 is 0 Å². The molecular weight excluding hydrogens is 194 g/mol. The molecule has 0 unspecified atom stereocenters. The van der Waals surface area contributed by atoms with Crippen molar-refractivity contribution in [3.63, 3.8) is 0 Å². The van der Waals surface area contributed by atoms with Gasteiger partial charge in [-0.15, -0.1) is 0 Å². The van der Waals surface area contributed by atoms with E-state index in [4.69, 9.17) is 0 Å². The molecule has 3 rings (SSSR count). The molecule has 0 aliphatic heterocycles. The molecule has 0 atom stereocenters. The average molecular weight is 203 g/mol. The number of hydrogen-bond donors (Lipinski definition) is 2. The number of nitrogens with one attached hydrogen (secondary N) is 2. The molecule has 0 radical (unpaired) electrons. The van der Waals surface area contributed by atoms with E-state index in [1.807, 2.05) is 12.1 Å². The minimum atomic E-state index is 0.775. The van der Waals surface area contributed by atoms with Crippen molar-refractivity contribution in [2.45, 2.75) is 0 Å². The van der Waals surface area contributed by atoms with Crippen LogP contribution in [0.1, 0.15) is 0 Å². The molecule has 2 N–H and O–H groups in total. The summed E-state index contributed by atoms with van der Waals surface area (Å²) in [5.74, 6) is 0. The molecule has 3 aromatic heterocycles. The Hall–Kier alpha value is -2.37. The standard InChI is InChI=1S/C6H5N3O.C3H4N2/c1-3-7-8-5(1)6-2-4-10-9-6;1-2-4-5-3-1/h1-4H,(H,7,8);1-3H,(H,4,5). The summed E-state index contributed by atoms with van der Waals surface area (Å²) < 4.78 is 4.64.